The standard InChI is InChI=1S/C25H33N3O4/c1-19-15-20(2)28(26-19)13-14-31-24-7-5-21(6-8-24)16-27(3)17-22(29)18-32-25-11-9-23(30-4)10-12-25/h5-12,15,22,29H,13-14,16-18H2,1-4H3/t22-/m0/s1. The van der Waals surface area contributed by atoms with Crippen molar-refractivity contribution in [2.75, 3.05) is 33.9 Å². The van der Waals surface area contributed by atoms with E-state index in [1.54, 1.807) is 7.11 Å². The third-order valence-corrected chi connectivity index (χ3v) is 5.08. The van der Waals surface area contributed by atoms with Crippen molar-refractivity contribution in [3.63, 3.8) is 0 Å². The second-order valence-electron chi connectivity index (χ2n) is 7.98. The highest BCUT2D eigenvalue weighted by Crippen LogP contribution is 2.17. The molecule has 32 heavy (non-hydrogen) atoms. The van der Waals surface area contributed by atoms with E-state index in [-0.39, 0.29) is 6.61 Å². The van der Waals surface area contributed by atoms with Gasteiger partial charge >= 0.3 is 0 Å². The Labute approximate surface area is 190 Å². The van der Waals surface area contributed by atoms with Gasteiger partial charge in [0.2, 0.25) is 0 Å². The van der Waals surface area contributed by atoms with Crippen LogP contribution in [0.1, 0.15) is 17.0 Å². The first-order chi connectivity index (χ1) is 15.4. The third-order valence-electron chi connectivity index (χ3n) is 5.08. The SMILES string of the molecule is COc1ccc(OC[C@@H](O)CN(C)Cc2ccc(OCCn3nc(C)cc3C)cc2)cc1. The summed E-state index contributed by atoms with van der Waals surface area (Å²) in [6, 6.07) is 17.5. The predicted molar refractivity (Wildman–Crippen MR) is 124 cm³/mol. The molecular formula is C25H33N3O4. The van der Waals surface area contributed by atoms with Gasteiger partial charge in [0.1, 0.15) is 36.6 Å². The molecule has 3 aromatic rings. The molecule has 0 aliphatic rings. The number of aliphatic hydroxyl groups excluding tert-OH is 1. The molecule has 0 saturated carbocycles. The Bertz CT molecular complexity index is 954. The fraction of sp³-hybridized carbons (Fsp3) is 0.400. The molecular weight excluding hydrogens is 406 g/mol. The van der Waals surface area contributed by atoms with Crippen LogP contribution in [0, 0.1) is 13.8 Å². The molecule has 0 fully saturated rings. The smallest absolute Gasteiger partial charge is 0.119 e. The van der Waals surface area contributed by atoms with Crippen molar-refractivity contribution in [2.45, 2.75) is 33.0 Å². The number of methoxy groups -OCH3 is 1. The Kier molecular flexibility index (Phi) is 8.53. The van der Waals surface area contributed by atoms with Gasteiger partial charge in [-0.2, -0.15) is 5.10 Å². The third kappa shape index (κ3) is 7.28. The van der Waals surface area contributed by atoms with E-state index in [2.05, 4.69) is 28.2 Å². The molecule has 7 nitrogen and oxygen atoms in total. The van der Waals surface area contributed by atoms with Crippen molar-refractivity contribution in [1.82, 2.24) is 14.7 Å². The van der Waals surface area contributed by atoms with Gasteiger partial charge in [-0.25, -0.2) is 0 Å². The number of aliphatic hydroxyl groups is 1. The van der Waals surface area contributed by atoms with Gasteiger partial charge in [-0.3, -0.25) is 9.58 Å². The van der Waals surface area contributed by atoms with Gasteiger partial charge in [0, 0.05) is 18.8 Å². The van der Waals surface area contributed by atoms with E-state index < -0.39 is 6.10 Å². The van der Waals surface area contributed by atoms with E-state index in [4.69, 9.17) is 14.2 Å². The van der Waals surface area contributed by atoms with E-state index in [9.17, 15) is 5.11 Å². The molecule has 0 amide bonds. The number of nitrogens with zero attached hydrogens (tertiary/aromatic N) is 3. The van der Waals surface area contributed by atoms with Crippen LogP contribution in [0.15, 0.2) is 54.6 Å². The van der Waals surface area contributed by atoms with Crippen LogP contribution in [0.5, 0.6) is 17.2 Å². The van der Waals surface area contributed by atoms with Gasteiger partial charge in [-0.1, -0.05) is 12.1 Å². The molecule has 0 radical (unpaired) electrons. The normalized spacial score (nSPS) is 12.1. The maximum atomic E-state index is 10.3. The average molecular weight is 440 g/mol. The Hall–Kier alpha value is -3.03. The molecule has 7 heteroatoms. The molecule has 1 aromatic heterocycles. The lowest BCUT2D eigenvalue weighted by Gasteiger charge is -2.21. The number of aromatic nitrogens is 2. The molecule has 1 heterocycles. The van der Waals surface area contributed by atoms with Crippen molar-refractivity contribution >= 4 is 0 Å². The number of benzene rings is 2. The quantitative estimate of drug-likeness (QED) is 0.466. The number of hydrogen-bond acceptors (Lipinski definition) is 6. The Morgan fingerprint density at radius 3 is 2.22 bits per heavy atom. The van der Waals surface area contributed by atoms with Crippen LogP contribution in [0.3, 0.4) is 0 Å². The summed E-state index contributed by atoms with van der Waals surface area (Å²) >= 11 is 0. The van der Waals surface area contributed by atoms with Crippen LogP contribution in [0.2, 0.25) is 0 Å². The molecule has 3 rings (SSSR count). The topological polar surface area (TPSA) is 69.0 Å². The van der Waals surface area contributed by atoms with Gasteiger partial charge in [0.25, 0.3) is 0 Å². The molecule has 0 unspecified atom stereocenters. The van der Waals surface area contributed by atoms with Crippen LogP contribution >= 0.6 is 0 Å². The zero-order valence-corrected chi connectivity index (χ0v) is 19.3. The van der Waals surface area contributed by atoms with E-state index in [0.29, 0.717) is 18.9 Å². The maximum absolute atomic E-state index is 10.3. The van der Waals surface area contributed by atoms with Crippen molar-refractivity contribution in [3.05, 3.63) is 71.5 Å². The first kappa shape index (κ1) is 23.6. The molecule has 172 valence electrons. The lowest BCUT2D eigenvalue weighted by Crippen LogP contribution is -2.32. The zero-order valence-electron chi connectivity index (χ0n) is 19.3. The van der Waals surface area contributed by atoms with E-state index in [1.165, 1.54) is 0 Å². The van der Waals surface area contributed by atoms with Crippen molar-refractivity contribution in [2.24, 2.45) is 0 Å². The predicted octanol–water partition coefficient (Wildman–Crippen LogP) is 3.46. The lowest BCUT2D eigenvalue weighted by molar-refractivity contribution is 0.0743. The summed E-state index contributed by atoms with van der Waals surface area (Å²) < 4.78 is 18.6. The Morgan fingerprint density at radius 1 is 0.969 bits per heavy atom. The van der Waals surface area contributed by atoms with Gasteiger partial charge in [-0.05, 0) is 68.9 Å². The second kappa shape index (κ2) is 11.5. The van der Waals surface area contributed by atoms with E-state index in [0.717, 1.165) is 41.5 Å². The van der Waals surface area contributed by atoms with E-state index in [1.807, 2.05) is 62.0 Å². The highest BCUT2D eigenvalue weighted by molar-refractivity contribution is 5.31. The van der Waals surface area contributed by atoms with Gasteiger partial charge in [0.05, 0.1) is 19.3 Å². The van der Waals surface area contributed by atoms with E-state index >= 15 is 0 Å². The van der Waals surface area contributed by atoms with Crippen molar-refractivity contribution in [1.29, 1.82) is 0 Å². The van der Waals surface area contributed by atoms with Crippen LogP contribution in [-0.2, 0) is 13.1 Å². The highest BCUT2D eigenvalue weighted by Gasteiger charge is 2.10. The Morgan fingerprint density at radius 2 is 1.59 bits per heavy atom. The first-order valence-electron chi connectivity index (χ1n) is 10.8. The molecule has 1 N–H and O–H groups in total. The molecule has 0 aliphatic carbocycles. The number of ether oxygens (including phenoxy) is 3. The number of hydrogen-bond donors (Lipinski definition) is 1. The van der Waals surface area contributed by atoms with Crippen LogP contribution < -0.4 is 14.2 Å². The van der Waals surface area contributed by atoms with Gasteiger partial charge in [0.15, 0.2) is 0 Å². The monoisotopic (exact) mass is 439 g/mol. The minimum Gasteiger partial charge on any atom is -0.497 e. The van der Waals surface area contributed by atoms with Crippen molar-refractivity contribution in [3.8, 4) is 17.2 Å². The summed E-state index contributed by atoms with van der Waals surface area (Å²) in [5.41, 5.74) is 3.32. The molecule has 1 atom stereocenters. The van der Waals surface area contributed by atoms with Crippen LogP contribution in [0.25, 0.3) is 0 Å². The average Bonchev–Trinajstić information content (AvgIpc) is 3.10. The minimum atomic E-state index is -0.584. The minimum absolute atomic E-state index is 0.235. The number of aryl methyl sites for hydroxylation is 2. The fourth-order valence-corrected chi connectivity index (χ4v) is 3.50. The van der Waals surface area contributed by atoms with Crippen LogP contribution in [0.4, 0.5) is 0 Å². The summed E-state index contributed by atoms with van der Waals surface area (Å²) in [5.74, 6) is 2.32. The summed E-state index contributed by atoms with van der Waals surface area (Å²) in [7, 11) is 3.61. The molecule has 2 aromatic carbocycles. The molecule has 0 spiro atoms. The zero-order chi connectivity index (χ0) is 22.9. The largest absolute Gasteiger partial charge is 0.497 e. The van der Waals surface area contributed by atoms with Gasteiger partial charge < -0.3 is 19.3 Å². The van der Waals surface area contributed by atoms with Crippen LogP contribution in [-0.4, -0.2) is 59.8 Å². The second-order valence-corrected chi connectivity index (χ2v) is 7.98. The fourth-order valence-electron chi connectivity index (χ4n) is 3.50. The Balaban J connectivity index is 1.37. The lowest BCUT2D eigenvalue weighted by atomic mass is 10.2. The maximum Gasteiger partial charge on any atom is 0.119 e. The molecule has 0 aliphatic heterocycles. The van der Waals surface area contributed by atoms with Crippen molar-refractivity contribution < 1.29 is 19.3 Å². The number of rotatable bonds is 12. The summed E-state index contributed by atoms with van der Waals surface area (Å²) in [6.45, 7) is 6.81. The molecule has 0 saturated heterocycles. The summed E-state index contributed by atoms with van der Waals surface area (Å²) in [4.78, 5) is 2.07. The molecule has 0 bridgehead atoms. The number of likely N-dealkylation sites (N-methyl/N-ethyl adjacent to an activating group) is 1. The summed E-state index contributed by atoms with van der Waals surface area (Å²) in [6.07, 6.45) is -0.584. The highest BCUT2D eigenvalue weighted by atomic mass is 16.5. The summed E-state index contributed by atoms with van der Waals surface area (Å²) in [5, 5.41) is 14.7. The first-order valence-corrected chi connectivity index (χ1v) is 10.8. The van der Waals surface area contributed by atoms with Gasteiger partial charge in [-0.15, -0.1) is 0 Å².